The number of hydrogen-bond donors (Lipinski definition) is 1. The first-order valence-corrected chi connectivity index (χ1v) is 8.64. The van der Waals surface area contributed by atoms with Gasteiger partial charge in [-0.15, -0.1) is 0 Å². The van der Waals surface area contributed by atoms with Crippen LogP contribution in [0.4, 0.5) is 0 Å². The molecule has 2 heterocycles. The number of benzene rings is 1. The third kappa shape index (κ3) is 2.37. The number of hydrogen-bond acceptors (Lipinski definition) is 3. The highest BCUT2D eigenvalue weighted by Gasteiger charge is 2.47. The van der Waals surface area contributed by atoms with Gasteiger partial charge >= 0.3 is 0 Å². The Labute approximate surface area is 120 Å². The van der Waals surface area contributed by atoms with Crippen molar-refractivity contribution in [1.82, 2.24) is 13.9 Å². The van der Waals surface area contributed by atoms with Crippen LogP contribution >= 0.6 is 0 Å². The Bertz CT molecular complexity index is 561. The lowest BCUT2D eigenvalue weighted by Crippen LogP contribution is -2.42. The van der Waals surface area contributed by atoms with Crippen molar-refractivity contribution in [3.05, 3.63) is 35.9 Å². The fourth-order valence-corrected chi connectivity index (χ4v) is 4.73. The lowest BCUT2D eigenvalue weighted by molar-refractivity contribution is 0.197. The van der Waals surface area contributed by atoms with Crippen LogP contribution < -0.4 is 4.72 Å². The van der Waals surface area contributed by atoms with Crippen LogP contribution in [0.5, 0.6) is 0 Å². The van der Waals surface area contributed by atoms with Crippen LogP contribution in [0.15, 0.2) is 30.3 Å². The summed E-state index contributed by atoms with van der Waals surface area (Å²) in [7, 11) is -3.41. The molecule has 2 atom stereocenters. The van der Waals surface area contributed by atoms with Gasteiger partial charge in [0.1, 0.15) is 6.17 Å². The van der Waals surface area contributed by atoms with Gasteiger partial charge in [0.2, 0.25) is 0 Å². The lowest BCUT2D eigenvalue weighted by atomic mass is 10.1. The van der Waals surface area contributed by atoms with Gasteiger partial charge in [0.05, 0.1) is 0 Å². The normalized spacial score (nSPS) is 27.9. The topological polar surface area (TPSA) is 52.7 Å². The van der Waals surface area contributed by atoms with Crippen molar-refractivity contribution in [2.45, 2.75) is 32.0 Å². The van der Waals surface area contributed by atoms with Gasteiger partial charge in [-0.05, 0) is 18.4 Å². The minimum Gasteiger partial charge on any atom is -0.279 e. The summed E-state index contributed by atoms with van der Waals surface area (Å²) < 4.78 is 29.1. The molecular weight excluding hydrogens is 274 g/mol. The Morgan fingerprint density at radius 3 is 2.75 bits per heavy atom. The van der Waals surface area contributed by atoms with Crippen LogP contribution in [0, 0.1) is 0 Å². The summed E-state index contributed by atoms with van der Waals surface area (Å²) in [6, 6.07) is 10.3. The zero-order valence-corrected chi connectivity index (χ0v) is 12.5. The van der Waals surface area contributed by atoms with Gasteiger partial charge in [0.25, 0.3) is 10.2 Å². The molecule has 0 aromatic heterocycles. The van der Waals surface area contributed by atoms with Gasteiger partial charge in [0.15, 0.2) is 0 Å². The van der Waals surface area contributed by atoms with Gasteiger partial charge in [-0.1, -0.05) is 37.3 Å². The molecular formula is C14H21N3O2S. The maximum absolute atomic E-state index is 12.4. The largest absolute Gasteiger partial charge is 0.281 e. The SMILES string of the molecule is CCNS(=O)(=O)N1CC2CCCN2C1c1ccccc1. The van der Waals surface area contributed by atoms with Crippen LogP contribution in [-0.4, -0.2) is 43.3 Å². The second kappa shape index (κ2) is 5.44. The van der Waals surface area contributed by atoms with Gasteiger partial charge in [-0.3, -0.25) is 4.90 Å². The summed E-state index contributed by atoms with van der Waals surface area (Å²) >= 11 is 0. The molecule has 5 nitrogen and oxygen atoms in total. The monoisotopic (exact) mass is 295 g/mol. The van der Waals surface area contributed by atoms with Crippen LogP contribution in [0.25, 0.3) is 0 Å². The molecule has 2 aliphatic heterocycles. The molecule has 0 bridgehead atoms. The van der Waals surface area contributed by atoms with E-state index in [0.29, 0.717) is 19.1 Å². The molecule has 0 amide bonds. The van der Waals surface area contributed by atoms with Gasteiger partial charge in [-0.2, -0.15) is 12.7 Å². The van der Waals surface area contributed by atoms with Crippen molar-refractivity contribution < 1.29 is 8.42 Å². The second-order valence-corrected chi connectivity index (χ2v) is 7.10. The molecule has 1 N–H and O–H groups in total. The van der Waals surface area contributed by atoms with Crippen molar-refractivity contribution >= 4 is 10.2 Å². The predicted octanol–water partition coefficient (Wildman–Crippen LogP) is 1.32. The third-order valence-electron chi connectivity index (χ3n) is 4.13. The molecule has 20 heavy (non-hydrogen) atoms. The van der Waals surface area contributed by atoms with Gasteiger partial charge in [-0.25, -0.2) is 4.72 Å². The van der Waals surface area contributed by atoms with Crippen molar-refractivity contribution in [1.29, 1.82) is 0 Å². The molecule has 0 aliphatic carbocycles. The number of nitrogens with zero attached hydrogens (tertiary/aromatic N) is 2. The molecule has 0 spiro atoms. The minimum atomic E-state index is -3.41. The van der Waals surface area contributed by atoms with E-state index >= 15 is 0 Å². The van der Waals surface area contributed by atoms with Crippen molar-refractivity contribution in [2.75, 3.05) is 19.6 Å². The first kappa shape index (κ1) is 14.0. The van der Waals surface area contributed by atoms with E-state index in [1.165, 1.54) is 0 Å². The number of nitrogens with one attached hydrogen (secondary N) is 1. The van der Waals surface area contributed by atoms with E-state index in [1.807, 2.05) is 37.3 Å². The van der Waals surface area contributed by atoms with E-state index in [4.69, 9.17) is 0 Å². The molecule has 6 heteroatoms. The maximum atomic E-state index is 12.4. The first-order valence-electron chi connectivity index (χ1n) is 7.20. The highest BCUT2D eigenvalue weighted by Crippen LogP contribution is 2.39. The molecule has 2 saturated heterocycles. The Hall–Kier alpha value is -0.950. The van der Waals surface area contributed by atoms with Crippen molar-refractivity contribution in [2.24, 2.45) is 0 Å². The summed E-state index contributed by atoms with van der Waals surface area (Å²) in [5.41, 5.74) is 1.05. The zero-order valence-electron chi connectivity index (χ0n) is 11.7. The van der Waals surface area contributed by atoms with Crippen LogP contribution in [0.1, 0.15) is 31.5 Å². The molecule has 1 aromatic carbocycles. The molecule has 3 rings (SSSR count). The highest BCUT2D eigenvalue weighted by molar-refractivity contribution is 7.87. The standard InChI is InChI=1S/C14H21N3O2S/c1-2-15-20(18,19)17-11-13-9-6-10-16(13)14(17)12-7-4-3-5-8-12/h3-5,7-8,13-15H,2,6,9-11H2,1H3. The van der Waals surface area contributed by atoms with Crippen LogP contribution in [0.2, 0.25) is 0 Å². The van der Waals surface area contributed by atoms with Gasteiger partial charge < -0.3 is 0 Å². The van der Waals surface area contributed by atoms with E-state index in [2.05, 4.69) is 9.62 Å². The molecule has 1 aromatic rings. The first-order chi connectivity index (χ1) is 9.63. The van der Waals surface area contributed by atoms with E-state index in [1.54, 1.807) is 4.31 Å². The smallest absolute Gasteiger partial charge is 0.279 e. The second-order valence-electron chi connectivity index (χ2n) is 5.39. The summed E-state index contributed by atoms with van der Waals surface area (Å²) in [5, 5.41) is 0. The Balaban J connectivity index is 1.97. The fraction of sp³-hybridized carbons (Fsp3) is 0.571. The third-order valence-corrected chi connectivity index (χ3v) is 5.75. The Morgan fingerprint density at radius 1 is 1.30 bits per heavy atom. The van der Waals surface area contributed by atoms with E-state index in [0.717, 1.165) is 24.9 Å². The quantitative estimate of drug-likeness (QED) is 0.911. The number of rotatable bonds is 4. The average Bonchev–Trinajstić information content (AvgIpc) is 2.99. The molecule has 0 radical (unpaired) electrons. The average molecular weight is 295 g/mol. The predicted molar refractivity (Wildman–Crippen MR) is 78.2 cm³/mol. The van der Waals surface area contributed by atoms with Crippen LogP contribution in [-0.2, 0) is 10.2 Å². The van der Waals surface area contributed by atoms with Crippen LogP contribution in [0.3, 0.4) is 0 Å². The minimum absolute atomic E-state index is 0.159. The van der Waals surface area contributed by atoms with Crippen molar-refractivity contribution in [3.63, 3.8) is 0 Å². The van der Waals surface area contributed by atoms with E-state index in [9.17, 15) is 8.42 Å². The van der Waals surface area contributed by atoms with Gasteiger partial charge in [0, 0.05) is 25.7 Å². The lowest BCUT2D eigenvalue weighted by Gasteiger charge is -2.29. The molecule has 0 saturated carbocycles. The molecule has 2 fully saturated rings. The number of fused-ring (bicyclic) bond motifs is 1. The maximum Gasteiger partial charge on any atom is 0.281 e. The van der Waals surface area contributed by atoms with E-state index < -0.39 is 10.2 Å². The summed E-state index contributed by atoms with van der Waals surface area (Å²) in [6.45, 7) is 3.80. The Kier molecular flexibility index (Phi) is 3.81. The summed E-state index contributed by atoms with van der Waals surface area (Å²) in [6.07, 6.45) is 2.08. The molecule has 2 unspecified atom stereocenters. The summed E-state index contributed by atoms with van der Waals surface area (Å²) in [4.78, 5) is 2.32. The van der Waals surface area contributed by atoms with Crippen molar-refractivity contribution in [3.8, 4) is 0 Å². The fourth-order valence-electron chi connectivity index (χ4n) is 3.33. The summed E-state index contributed by atoms with van der Waals surface area (Å²) in [5.74, 6) is 0. The molecule has 110 valence electrons. The molecule has 2 aliphatic rings. The highest BCUT2D eigenvalue weighted by atomic mass is 32.2. The zero-order chi connectivity index (χ0) is 14.2. The Morgan fingerprint density at radius 2 is 2.05 bits per heavy atom. The van der Waals surface area contributed by atoms with E-state index in [-0.39, 0.29) is 6.17 Å².